The molecule has 0 atom stereocenters. The number of unbranched alkanes of at least 4 members (excludes halogenated alkanes) is 1. The minimum Gasteiger partial charge on any atom is -0.444 e. The van der Waals surface area contributed by atoms with Gasteiger partial charge in [-0.3, -0.25) is 0 Å². The summed E-state index contributed by atoms with van der Waals surface area (Å²) in [4.78, 5) is 13.8. The molecule has 1 N–H and O–H groups in total. The number of carbonyl (C=O) groups is 1. The summed E-state index contributed by atoms with van der Waals surface area (Å²) in [6, 6.07) is 0. The van der Waals surface area contributed by atoms with Crippen molar-refractivity contribution in [2.45, 2.75) is 52.1 Å². The van der Waals surface area contributed by atoms with Gasteiger partial charge in [-0.2, -0.15) is 0 Å². The van der Waals surface area contributed by atoms with Crippen LogP contribution < -0.4 is 5.32 Å². The van der Waals surface area contributed by atoms with E-state index in [1.807, 2.05) is 32.7 Å². The lowest BCUT2D eigenvalue weighted by atomic mass is 10.0. The predicted octanol–water partition coefficient (Wildman–Crippen LogP) is 2.94. The van der Waals surface area contributed by atoms with Crippen molar-refractivity contribution in [2.24, 2.45) is 0 Å². The number of carbonyl (C=O) groups excluding carboxylic acids is 1. The van der Waals surface area contributed by atoms with Gasteiger partial charge in [-0.1, -0.05) is 11.6 Å². The second-order valence-electron chi connectivity index (χ2n) is 6.11. The second-order valence-corrected chi connectivity index (χ2v) is 6.11. The van der Waals surface area contributed by atoms with E-state index in [4.69, 9.17) is 4.74 Å². The SMILES string of the molecule is CNCCCCC1=CCCN(C(=O)OC(C)(C)C)C1. The van der Waals surface area contributed by atoms with E-state index in [9.17, 15) is 4.79 Å². The minimum atomic E-state index is -0.412. The van der Waals surface area contributed by atoms with Crippen molar-refractivity contribution in [1.82, 2.24) is 10.2 Å². The lowest BCUT2D eigenvalue weighted by Crippen LogP contribution is -2.39. The minimum absolute atomic E-state index is 0.187. The van der Waals surface area contributed by atoms with Crippen LogP contribution in [0.15, 0.2) is 11.6 Å². The Labute approximate surface area is 117 Å². The highest BCUT2D eigenvalue weighted by atomic mass is 16.6. The molecule has 0 saturated heterocycles. The topological polar surface area (TPSA) is 41.6 Å². The average molecular weight is 268 g/mol. The van der Waals surface area contributed by atoms with E-state index in [2.05, 4.69) is 11.4 Å². The first-order valence-electron chi connectivity index (χ1n) is 7.23. The number of hydrogen-bond acceptors (Lipinski definition) is 3. The van der Waals surface area contributed by atoms with Crippen molar-refractivity contribution in [3.8, 4) is 0 Å². The van der Waals surface area contributed by atoms with Gasteiger partial charge in [0, 0.05) is 13.1 Å². The highest BCUT2D eigenvalue weighted by Crippen LogP contribution is 2.18. The first-order valence-corrected chi connectivity index (χ1v) is 7.23. The fourth-order valence-electron chi connectivity index (χ4n) is 2.13. The van der Waals surface area contributed by atoms with Crippen LogP contribution in [-0.2, 0) is 4.74 Å². The Morgan fingerprint density at radius 2 is 2.16 bits per heavy atom. The molecule has 4 nitrogen and oxygen atoms in total. The summed E-state index contributed by atoms with van der Waals surface area (Å²) in [5.74, 6) is 0. The van der Waals surface area contributed by atoms with E-state index in [1.165, 1.54) is 18.4 Å². The van der Waals surface area contributed by atoms with Gasteiger partial charge in [-0.25, -0.2) is 4.79 Å². The maximum Gasteiger partial charge on any atom is 0.410 e. The molecule has 0 spiro atoms. The van der Waals surface area contributed by atoms with Gasteiger partial charge in [-0.15, -0.1) is 0 Å². The summed E-state index contributed by atoms with van der Waals surface area (Å²) in [6.07, 6.45) is 6.48. The molecule has 0 radical (unpaired) electrons. The third-order valence-electron chi connectivity index (χ3n) is 3.05. The summed E-state index contributed by atoms with van der Waals surface area (Å²) < 4.78 is 5.42. The first-order chi connectivity index (χ1) is 8.92. The van der Waals surface area contributed by atoms with Crippen LogP contribution >= 0.6 is 0 Å². The Balaban J connectivity index is 2.36. The third-order valence-corrected chi connectivity index (χ3v) is 3.05. The number of nitrogens with zero attached hydrogens (tertiary/aromatic N) is 1. The van der Waals surface area contributed by atoms with Gasteiger partial charge in [0.15, 0.2) is 0 Å². The highest BCUT2D eigenvalue weighted by Gasteiger charge is 2.23. The Bertz CT molecular complexity index is 319. The fraction of sp³-hybridized carbons (Fsp3) is 0.800. The fourth-order valence-corrected chi connectivity index (χ4v) is 2.13. The molecule has 0 aromatic carbocycles. The van der Waals surface area contributed by atoms with Crippen LogP contribution in [0.5, 0.6) is 0 Å². The van der Waals surface area contributed by atoms with Gasteiger partial charge in [0.25, 0.3) is 0 Å². The standard InChI is InChI=1S/C15H28N2O2/c1-15(2,3)19-14(18)17-11-7-9-13(12-17)8-5-6-10-16-4/h9,16H,5-8,10-12H2,1-4H3. The van der Waals surface area contributed by atoms with Crippen LogP contribution in [-0.4, -0.2) is 43.3 Å². The molecule has 1 aliphatic heterocycles. The van der Waals surface area contributed by atoms with E-state index in [-0.39, 0.29) is 6.09 Å². The van der Waals surface area contributed by atoms with Crippen LogP contribution in [0.1, 0.15) is 46.5 Å². The third kappa shape index (κ3) is 6.62. The van der Waals surface area contributed by atoms with Crippen molar-refractivity contribution in [3.05, 3.63) is 11.6 Å². The molecule has 0 saturated carbocycles. The van der Waals surface area contributed by atoms with Gasteiger partial charge in [-0.05, 0) is 60.0 Å². The van der Waals surface area contributed by atoms with E-state index in [0.717, 1.165) is 32.5 Å². The number of ether oxygens (including phenoxy) is 1. The summed E-state index contributed by atoms with van der Waals surface area (Å²) >= 11 is 0. The summed E-state index contributed by atoms with van der Waals surface area (Å²) in [5, 5.41) is 3.15. The largest absolute Gasteiger partial charge is 0.444 e. The number of hydrogen-bond donors (Lipinski definition) is 1. The number of amides is 1. The maximum atomic E-state index is 12.0. The average Bonchev–Trinajstić information content (AvgIpc) is 2.33. The normalized spacial score (nSPS) is 16.2. The Hall–Kier alpha value is -1.03. The Morgan fingerprint density at radius 3 is 2.79 bits per heavy atom. The van der Waals surface area contributed by atoms with Crippen LogP contribution in [0.2, 0.25) is 0 Å². The molecule has 0 fully saturated rings. The van der Waals surface area contributed by atoms with E-state index >= 15 is 0 Å². The maximum absolute atomic E-state index is 12.0. The molecule has 1 heterocycles. The zero-order valence-electron chi connectivity index (χ0n) is 12.8. The van der Waals surface area contributed by atoms with Crippen LogP contribution in [0.25, 0.3) is 0 Å². The van der Waals surface area contributed by atoms with Crippen LogP contribution in [0.3, 0.4) is 0 Å². The first kappa shape index (κ1) is 16.0. The smallest absolute Gasteiger partial charge is 0.410 e. The molecule has 110 valence electrons. The molecule has 1 aliphatic rings. The monoisotopic (exact) mass is 268 g/mol. The van der Waals surface area contributed by atoms with Crippen LogP contribution in [0.4, 0.5) is 4.79 Å². The molecular weight excluding hydrogens is 240 g/mol. The molecule has 1 rings (SSSR count). The van der Waals surface area contributed by atoms with Crippen molar-refractivity contribution in [2.75, 3.05) is 26.7 Å². The molecule has 0 aliphatic carbocycles. The van der Waals surface area contributed by atoms with Crippen molar-refractivity contribution < 1.29 is 9.53 Å². The van der Waals surface area contributed by atoms with Crippen molar-refractivity contribution in [3.63, 3.8) is 0 Å². The molecule has 0 aromatic heterocycles. The second kappa shape index (κ2) is 7.53. The molecule has 0 aromatic rings. The van der Waals surface area contributed by atoms with E-state index < -0.39 is 5.60 Å². The predicted molar refractivity (Wildman–Crippen MR) is 78.3 cm³/mol. The summed E-state index contributed by atoms with van der Waals surface area (Å²) in [5.41, 5.74) is 0.957. The number of rotatable bonds is 5. The van der Waals surface area contributed by atoms with Crippen molar-refractivity contribution in [1.29, 1.82) is 0 Å². The van der Waals surface area contributed by atoms with Gasteiger partial charge < -0.3 is 15.0 Å². The van der Waals surface area contributed by atoms with Gasteiger partial charge in [0.05, 0.1) is 0 Å². The zero-order chi connectivity index (χ0) is 14.3. The Kier molecular flexibility index (Phi) is 6.35. The lowest BCUT2D eigenvalue weighted by molar-refractivity contribution is 0.0260. The van der Waals surface area contributed by atoms with Gasteiger partial charge >= 0.3 is 6.09 Å². The summed E-state index contributed by atoms with van der Waals surface area (Å²) in [6.45, 7) is 8.28. The molecule has 0 bridgehead atoms. The highest BCUT2D eigenvalue weighted by molar-refractivity contribution is 5.68. The molecular formula is C15H28N2O2. The Morgan fingerprint density at radius 1 is 1.42 bits per heavy atom. The molecule has 4 heteroatoms. The number of nitrogens with one attached hydrogen (secondary N) is 1. The summed E-state index contributed by atoms with van der Waals surface area (Å²) in [7, 11) is 1.98. The molecule has 0 unspecified atom stereocenters. The lowest BCUT2D eigenvalue weighted by Gasteiger charge is -2.30. The van der Waals surface area contributed by atoms with Crippen molar-refractivity contribution >= 4 is 6.09 Å². The van der Waals surface area contributed by atoms with Gasteiger partial charge in [0.1, 0.15) is 5.60 Å². The van der Waals surface area contributed by atoms with Gasteiger partial charge in [0.2, 0.25) is 0 Å². The van der Waals surface area contributed by atoms with E-state index in [0.29, 0.717) is 0 Å². The van der Waals surface area contributed by atoms with Crippen LogP contribution in [0, 0.1) is 0 Å². The zero-order valence-corrected chi connectivity index (χ0v) is 12.8. The van der Waals surface area contributed by atoms with E-state index in [1.54, 1.807) is 0 Å². The molecule has 1 amide bonds. The molecule has 19 heavy (non-hydrogen) atoms. The quantitative estimate of drug-likeness (QED) is 0.615.